The minimum Gasteiger partial charge on any atom is -0.490 e. The minimum absolute atomic E-state index is 0.133. The summed E-state index contributed by atoms with van der Waals surface area (Å²) < 4.78 is 24.1. The molecular weight excluding hydrogens is 1330 g/mol. The van der Waals surface area contributed by atoms with E-state index in [-0.39, 0.29) is 74.2 Å². The molecule has 0 saturated carbocycles. The lowest BCUT2D eigenvalue weighted by Gasteiger charge is -2.35. The number of carbonyl (C=O) groups is 8. The molecule has 12 aromatic rings. The van der Waals surface area contributed by atoms with E-state index in [9.17, 15) is 28.8 Å². The highest BCUT2D eigenvalue weighted by atomic mass is 16.5. The SMILES string of the molecule is CCC(CC)N1C(=O)c2ccc3c4c(C#Cc5ccc(-c6ccc(C#Cc7cc8c9c(cc(OCCOC)c%10c%11ccc%12c%13c(ccc(c7c9%10)c%13%11)C(=O)N(C(CC)CC)C%12=O)C(=O)N(C(CC)CC)C8=O)cn6)nc5)cc5c6c(cc(OCCOC)c(c7ccc(c2c37)C1=O)c64)C(=O)N(C(CC)CC)C5=O. The van der Waals surface area contributed by atoms with Crippen molar-refractivity contribution in [2.75, 3.05) is 40.6 Å². The van der Waals surface area contributed by atoms with Crippen LogP contribution >= 0.6 is 0 Å². The van der Waals surface area contributed by atoms with E-state index in [1.54, 1.807) is 75.1 Å². The van der Waals surface area contributed by atoms with Gasteiger partial charge in [-0.05, 0) is 156 Å². The molecule has 0 aliphatic carbocycles. The molecule has 106 heavy (non-hydrogen) atoms. The molecule has 0 bridgehead atoms. The average Bonchev–Trinajstić information content (AvgIpc) is 0.685. The lowest BCUT2D eigenvalue weighted by molar-refractivity contribution is 0.0514. The monoisotopic (exact) mass is 1410 g/mol. The van der Waals surface area contributed by atoms with Gasteiger partial charge in [0.15, 0.2) is 0 Å². The Hall–Kier alpha value is -11.7. The highest BCUT2D eigenvalue weighted by Gasteiger charge is 2.44. The molecule has 2 aromatic heterocycles. The van der Waals surface area contributed by atoms with Gasteiger partial charge in [0, 0.05) is 160 Å². The molecule has 530 valence electrons. The number of hydrogen-bond donors (Lipinski definition) is 0. The molecule has 4 aliphatic rings. The third-order valence-corrected chi connectivity index (χ3v) is 22.5. The molecule has 16 rings (SSSR count). The highest BCUT2D eigenvalue weighted by molar-refractivity contribution is 6.45. The van der Waals surface area contributed by atoms with Crippen molar-refractivity contribution in [2.24, 2.45) is 0 Å². The van der Waals surface area contributed by atoms with Gasteiger partial charge in [-0.15, -0.1) is 0 Å². The van der Waals surface area contributed by atoms with E-state index in [0.29, 0.717) is 227 Å². The zero-order valence-corrected chi connectivity index (χ0v) is 60.8. The van der Waals surface area contributed by atoms with Crippen molar-refractivity contribution in [1.82, 2.24) is 29.6 Å². The molecule has 6 heterocycles. The summed E-state index contributed by atoms with van der Waals surface area (Å²) in [5, 5.41) is 9.66. The number of fused-ring (bicyclic) bond motifs is 4. The van der Waals surface area contributed by atoms with Crippen molar-refractivity contribution < 1.29 is 57.3 Å². The first-order valence-corrected chi connectivity index (χ1v) is 36.8. The van der Waals surface area contributed by atoms with Crippen molar-refractivity contribution in [1.29, 1.82) is 0 Å². The molecule has 0 atom stereocenters. The van der Waals surface area contributed by atoms with Crippen LogP contribution in [0.4, 0.5) is 0 Å². The minimum atomic E-state index is -0.433. The summed E-state index contributed by atoms with van der Waals surface area (Å²) in [6, 6.07) is 27.6. The average molecular weight is 1410 g/mol. The van der Waals surface area contributed by atoms with E-state index in [1.165, 1.54) is 19.6 Å². The Labute approximate surface area is 611 Å². The maximum atomic E-state index is 15.1. The van der Waals surface area contributed by atoms with Crippen LogP contribution in [0, 0.1) is 23.7 Å². The summed E-state index contributed by atoms with van der Waals surface area (Å²) in [6.45, 7) is 16.4. The quantitative estimate of drug-likeness (QED) is 0.0215. The summed E-state index contributed by atoms with van der Waals surface area (Å²) in [6.07, 6.45) is 7.82. The van der Waals surface area contributed by atoms with Gasteiger partial charge in [0.25, 0.3) is 47.3 Å². The summed E-state index contributed by atoms with van der Waals surface area (Å²) in [7, 11) is 3.15. The summed E-state index contributed by atoms with van der Waals surface area (Å²) >= 11 is 0. The topological polar surface area (TPSA) is 212 Å². The summed E-state index contributed by atoms with van der Waals surface area (Å²) in [4.78, 5) is 134. The van der Waals surface area contributed by atoms with Gasteiger partial charge in [0.1, 0.15) is 24.7 Å². The Balaban J connectivity index is 0.822. The smallest absolute Gasteiger partial charge is 0.261 e. The maximum Gasteiger partial charge on any atom is 0.261 e. The van der Waals surface area contributed by atoms with Crippen molar-refractivity contribution in [3.63, 3.8) is 0 Å². The number of ether oxygens (including phenoxy) is 4. The molecule has 4 aliphatic heterocycles. The Morgan fingerprint density at radius 1 is 0.302 bits per heavy atom. The maximum absolute atomic E-state index is 15.1. The Morgan fingerprint density at radius 3 is 0.868 bits per heavy atom. The largest absolute Gasteiger partial charge is 0.490 e. The Morgan fingerprint density at radius 2 is 0.585 bits per heavy atom. The van der Waals surface area contributed by atoms with Crippen molar-refractivity contribution in [2.45, 2.75) is 131 Å². The van der Waals surface area contributed by atoms with Crippen LogP contribution in [0.1, 0.15) is 212 Å². The van der Waals surface area contributed by atoms with Crippen LogP contribution in [-0.2, 0) is 9.47 Å². The van der Waals surface area contributed by atoms with E-state index in [1.807, 2.05) is 104 Å². The van der Waals surface area contributed by atoms with Crippen molar-refractivity contribution >= 4 is 133 Å². The van der Waals surface area contributed by atoms with Crippen molar-refractivity contribution in [3.8, 4) is 46.6 Å². The molecule has 0 unspecified atom stereocenters. The van der Waals surface area contributed by atoms with Crippen LogP contribution in [0.5, 0.6) is 11.5 Å². The van der Waals surface area contributed by atoms with E-state index < -0.39 is 23.6 Å². The zero-order chi connectivity index (χ0) is 74.0. The second-order valence-electron chi connectivity index (χ2n) is 27.8. The van der Waals surface area contributed by atoms with Crippen LogP contribution in [-0.4, -0.2) is 142 Å². The van der Waals surface area contributed by atoms with Crippen LogP contribution in [0.15, 0.2) is 109 Å². The van der Waals surface area contributed by atoms with Gasteiger partial charge in [0.2, 0.25) is 0 Å². The number of pyridine rings is 2. The molecule has 8 amide bonds. The van der Waals surface area contributed by atoms with Crippen LogP contribution < -0.4 is 9.47 Å². The number of benzene rings is 10. The zero-order valence-electron chi connectivity index (χ0n) is 60.8. The highest BCUT2D eigenvalue weighted by Crippen LogP contribution is 2.54. The number of amides is 8. The first-order valence-electron chi connectivity index (χ1n) is 36.8. The molecule has 0 saturated heterocycles. The number of imide groups is 4. The van der Waals surface area contributed by atoms with Crippen LogP contribution in [0.25, 0.3) is 97.6 Å². The second-order valence-corrected chi connectivity index (χ2v) is 27.8. The van der Waals surface area contributed by atoms with Gasteiger partial charge < -0.3 is 18.9 Å². The molecule has 0 N–H and O–H groups in total. The van der Waals surface area contributed by atoms with Gasteiger partial charge in [-0.25, -0.2) is 0 Å². The Bertz CT molecular complexity index is 5570. The predicted octanol–water partition coefficient (Wildman–Crippen LogP) is 16.2. The van der Waals surface area contributed by atoms with Gasteiger partial charge in [-0.3, -0.25) is 67.9 Å². The molecule has 18 nitrogen and oxygen atoms in total. The normalized spacial score (nSPS) is 14.4. The number of rotatable bonds is 21. The fraction of sp³-hybridized carbons (Fsp3) is 0.295. The number of carbonyl (C=O) groups excluding carboxylic acids is 8. The third-order valence-electron chi connectivity index (χ3n) is 22.5. The van der Waals surface area contributed by atoms with Gasteiger partial charge in [0.05, 0.1) is 35.7 Å². The van der Waals surface area contributed by atoms with Crippen LogP contribution in [0.2, 0.25) is 0 Å². The molecule has 0 fully saturated rings. The van der Waals surface area contributed by atoms with Crippen molar-refractivity contribution in [3.05, 3.63) is 176 Å². The summed E-state index contributed by atoms with van der Waals surface area (Å²) in [5.74, 6) is 11.2. The number of aromatic nitrogens is 2. The molecular formula is C88H76N6O12. The van der Waals surface area contributed by atoms with E-state index in [4.69, 9.17) is 28.9 Å². The Kier molecular flexibility index (Phi) is 17.4. The van der Waals surface area contributed by atoms with Gasteiger partial charge in [-0.2, -0.15) is 0 Å². The van der Waals surface area contributed by atoms with E-state index in [0.717, 1.165) is 0 Å². The van der Waals surface area contributed by atoms with E-state index >= 15 is 9.59 Å². The number of nitrogens with zero attached hydrogens (tertiary/aromatic N) is 6. The van der Waals surface area contributed by atoms with Gasteiger partial charge >= 0.3 is 0 Å². The molecule has 0 spiro atoms. The molecule has 10 aromatic carbocycles. The molecule has 18 heteroatoms. The van der Waals surface area contributed by atoms with Gasteiger partial charge in [-0.1, -0.05) is 103 Å². The number of hydrogen-bond acceptors (Lipinski definition) is 14. The molecule has 0 radical (unpaired) electrons. The fourth-order valence-electron chi connectivity index (χ4n) is 17.3. The first-order chi connectivity index (χ1) is 51.5. The van der Waals surface area contributed by atoms with E-state index in [2.05, 4.69) is 23.7 Å². The standard InChI is InChI=1S/C88H76N6O12/c1-11-49(12-2)91-81(95)57-29-25-53-69-47(39-61-75-63(87(101)93(85(61)99)51(15-5)16-6)41-67(105-37-35-103-9)77(79(69)75)55-27-31-59(83(91)97)73(57)71(53)55)23-19-45-21-33-65(89-43-45)66-34-22-46(44-90-66)20-24-48-40-62-76-64(88(102)94(86(62)100)52(17-7)18-8)42-68(106-38-36-104-10)78-56-28-32-60-74-58(30-26-54(72(56)74)70(48)80(76)78)82(96)92(84(60)98)50(13-3)14-4/h21-22,25-34,39-44,49-52H,11-18,35-38H2,1-10H3. The number of methoxy groups -OCH3 is 2. The summed E-state index contributed by atoms with van der Waals surface area (Å²) in [5.41, 5.74) is 5.93. The first kappa shape index (κ1) is 68.7. The predicted molar refractivity (Wildman–Crippen MR) is 409 cm³/mol. The third kappa shape index (κ3) is 10.1. The second kappa shape index (κ2) is 26.8. The lowest BCUT2D eigenvalue weighted by Crippen LogP contribution is -2.46. The lowest BCUT2D eigenvalue weighted by atomic mass is 9.80. The fourth-order valence-corrected chi connectivity index (χ4v) is 17.3. The van der Waals surface area contributed by atoms with Crippen LogP contribution in [0.3, 0.4) is 0 Å².